The van der Waals surface area contributed by atoms with Crippen molar-refractivity contribution in [2.45, 2.75) is 0 Å². The Kier molecular flexibility index (Phi) is 4.45. The monoisotopic (exact) mass is 549 g/mol. The molecule has 0 fully saturated rings. The van der Waals surface area contributed by atoms with Crippen molar-refractivity contribution in [3.63, 3.8) is 0 Å². The predicted molar refractivity (Wildman–Crippen MR) is 178 cm³/mol. The number of para-hydroxylation sites is 3. The van der Waals surface area contributed by atoms with Crippen LogP contribution in [0.3, 0.4) is 0 Å². The van der Waals surface area contributed by atoms with Crippen LogP contribution in [0.5, 0.6) is 0 Å². The molecule has 0 aliphatic heterocycles. The fraction of sp³-hybridized carbons (Fsp3) is 0. The molecule has 0 bridgehead atoms. The Hall–Kier alpha value is -5.80. The Morgan fingerprint density at radius 2 is 0.860 bits per heavy atom. The summed E-state index contributed by atoms with van der Waals surface area (Å²) in [5.74, 6) is 0. The molecule has 0 saturated heterocycles. The van der Waals surface area contributed by atoms with E-state index >= 15 is 0 Å². The van der Waals surface area contributed by atoms with E-state index in [4.69, 9.17) is 8.83 Å². The smallest absolute Gasteiger partial charge is 0.136 e. The van der Waals surface area contributed by atoms with Crippen LogP contribution in [0.15, 0.2) is 148 Å². The van der Waals surface area contributed by atoms with Crippen LogP contribution in [-0.4, -0.2) is 4.57 Å². The molecule has 0 aliphatic carbocycles. The van der Waals surface area contributed by atoms with E-state index in [-0.39, 0.29) is 0 Å². The number of furan rings is 2. The molecule has 3 heterocycles. The summed E-state index contributed by atoms with van der Waals surface area (Å²) in [6, 6.07) is 49.6. The summed E-state index contributed by atoms with van der Waals surface area (Å²) >= 11 is 0. The van der Waals surface area contributed by atoms with Gasteiger partial charge in [-0.3, -0.25) is 0 Å². The maximum Gasteiger partial charge on any atom is 0.136 e. The van der Waals surface area contributed by atoms with Gasteiger partial charge in [0, 0.05) is 38.0 Å². The van der Waals surface area contributed by atoms with Gasteiger partial charge in [0.15, 0.2) is 0 Å². The van der Waals surface area contributed by atoms with Crippen LogP contribution in [0.25, 0.3) is 93.3 Å². The number of hydrogen-bond donors (Lipinski definition) is 0. The van der Waals surface area contributed by atoms with Crippen molar-refractivity contribution in [3.05, 3.63) is 140 Å². The molecule has 0 aliphatic rings. The minimum Gasteiger partial charge on any atom is -0.456 e. The predicted octanol–water partition coefficient (Wildman–Crippen LogP) is 11.4. The molecule has 3 nitrogen and oxygen atoms in total. The third-order valence-electron chi connectivity index (χ3n) is 8.96. The first-order chi connectivity index (χ1) is 21.3. The molecule has 0 atom stereocenters. The molecular weight excluding hydrogens is 526 g/mol. The summed E-state index contributed by atoms with van der Waals surface area (Å²) in [7, 11) is 0. The average Bonchev–Trinajstić information content (AvgIpc) is 3.71. The van der Waals surface area contributed by atoms with Gasteiger partial charge in [-0.15, -0.1) is 0 Å². The van der Waals surface area contributed by atoms with Gasteiger partial charge in [-0.25, -0.2) is 0 Å². The number of fused-ring (bicyclic) bond motifs is 10. The number of nitrogens with zero attached hydrogens (tertiary/aromatic N) is 1. The number of hydrogen-bond acceptors (Lipinski definition) is 2. The van der Waals surface area contributed by atoms with Gasteiger partial charge >= 0.3 is 0 Å². The van der Waals surface area contributed by atoms with Gasteiger partial charge in [-0.2, -0.15) is 0 Å². The maximum absolute atomic E-state index is 6.34. The normalized spacial score (nSPS) is 12.2. The minimum atomic E-state index is 0.886. The topological polar surface area (TPSA) is 31.2 Å². The molecule has 10 aromatic rings. The first kappa shape index (κ1) is 22.8. The maximum atomic E-state index is 6.34. The Balaban J connectivity index is 1.10. The fourth-order valence-corrected chi connectivity index (χ4v) is 6.93. The van der Waals surface area contributed by atoms with E-state index in [9.17, 15) is 0 Å². The number of rotatable bonds is 2. The molecule has 0 spiro atoms. The molecule has 0 unspecified atom stereocenters. The molecule has 3 heteroatoms. The molecule has 200 valence electrons. The van der Waals surface area contributed by atoms with Crippen LogP contribution >= 0.6 is 0 Å². The van der Waals surface area contributed by atoms with Crippen molar-refractivity contribution in [1.82, 2.24) is 4.57 Å². The summed E-state index contributed by atoms with van der Waals surface area (Å²) in [5, 5.41) is 9.36. The second-order valence-electron chi connectivity index (χ2n) is 11.4. The van der Waals surface area contributed by atoms with Gasteiger partial charge in [0.05, 0.1) is 11.0 Å². The number of benzene rings is 7. The Labute approximate surface area is 245 Å². The molecular formula is C40H23NO2. The van der Waals surface area contributed by atoms with E-state index in [0.29, 0.717) is 0 Å². The van der Waals surface area contributed by atoms with Gasteiger partial charge < -0.3 is 13.4 Å². The SMILES string of the molecule is c1ccc2c(c1)oc1cc3cc4oc5ccc(-c6ccc(-n7c8ccccc8c8ccccc87)cc6)cc5c4cc3cc12. The van der Waals surface area contributed by atoms with E-state index in [2.05, 4.69) is 132 Å². The lowest BCUT2D eigenvalue weighted by Crippen LogP contribution is -1.93. The first-order valence-corrected chi connectivity index (χ1v) is 14.6. The zero-order valence-corrected chi connectivity index (χ0v) is 23.0. The molecule has 0 N–H and O–H groups in total. The molecule has 3 aromatic heterocycles. The van der Waals surface area contributed by atoms with Crippen molar-refractivity contribution in [2.75, 3.05) is 0 Å². The molecule has 0 amide bonds. The molecule has 10 rings (SSSR count). The average molecular weight is 550 g/mol. The number of aromatic nitrogens is 1. The van der Waals surface area contributed by atoms with E-state index in [0.717, 1.165) is 55.0 Å². The fourth-order valence-electron chi connectivity index (χ4n) is 6.93. The second kappa shape index (κ2) is 8.37. The largest absolute Gasteiger partial charge is 0.456 e. The summed E-state index contributed by atoms with van der Waals surface area (Å²) in [5.41, 5.74) is 9.52. The molecule has 0 saturated carbocycles. The van der Waals surface area contributed by atoms with Gasteiger partial charge in [-0.05, 0) is 88.6 Å². The van der Waals surface area contributed by atoms with Crippen molar-refractivity contribution < 1.29 is 8.83 Å². The highest BCUT2D eigenvalue weighted by Crippen LogP contribution is 2.38. The summed E-state index contributed by atoms with van der Waals surface area (Å²) < 4.78 is 14.8. The van der Waals surface area contributed by atoms with Crippen LogP contribution in [0.1, 0.15) is 0 Å². The lowest BCUT2D eigenvalue weighted by molar-refractivity contribution is 0.668. The standard InChI is InChI=1S/C40H23NO2/c1-4-10-35-29(7-1)30-8-2-5-11-36(30)41(35)28-16-13-24(14-17-28)25-15-18-38-33(19-25)34-21-26-20-32-31-9-3-6-12-37(31)42-39(32)22-27(26)23-40(34)43-38/h1-23H. The van der Waals surface area contributed by atoms with Crippen LogP contribution < -0.4 is 0 Å². The van der Waals surface area contributed by atoms with Crippen LogP contribution in [0.4, 0.5) is 0 Å². The van der Waals surface area contributed by atoms with Crippen LogP contribution in [0.2, 0.25) is 0 Å². The lowest BCUT2D eigenvalue weighted by atomic mass is 10.0. The summed E-state index contributed by atoms with van der Waals surface area (Å²) in [6.07, 6.45) is 0. The summed E-state index contributed by atoms with van der Waals surface area (Å²) in [6.45, 7) is 0. The van der Waals surface area contributed by atoms with Crippen molar-refractivity contribution in [1.29, 1.82) is 0 Å². The van der Waals surface area contributed by atoms with E-state index in [1.807, 2.05) is 12.1 Å². The van der Waals surface area contributed by atoms with Gasteiger partial charge in [0.25, 0.3) is 0 Å². The Bertz CT molecular complexity index is 2670. The second-order valence-corrected chi connectivity index (χ2v) is 11.4. The van der Waals surface area contributed by atoms with Crippen molar-refractivity contribution in [3.8, 4) is 16.8 Å². The van der Waals surface area contributed by atoms with Crippen molar-refractivity contribution in [2.24, 2.45) is 0 Å². The van der Waals surface area contributed by atoms with Crippen LogP contribution in [-0.2, 0) is 0 Å². The molecule has 7 aromatic carbocycles. The third kappa shape index (κ3) is 3.25. The zero-order chi connectivity index (χ0) is 28.1. The Morgan fingerprint density at radius 1 is 0.349 bits per heavy atom. The Morgan fingerprint density at radius 3 is 1.56 bits per heavy atom. The van der Waals surface area contributed by atoms with Crippen molar-refractivity contribution >= 4 is 76.5 Å². The van der Waals surface area contributed by atoms with E-state index in [1.54, 1.807) is 0 Å². The lowest BCUT2D eigenvalue weighted by Gasteiger charge is -2.09. The van der Waals surface area contributed by atoms with Crippen LogP contribution in [0, 0.1) is 0 Å². The highest BCUT2D eigenvalue weighted by atomic mass is 16.3. The molecule has 43 heavy (non-hydrogen) atoms. The summed E-state index contributed by atoms with van der Waals surface area (Å²) in [4.78, 5) is 0. The first-order valence-electron chi connectivity index (χ1n) is 14.6. The van der Waals surface area contributed by atoms with E-state index < -0.39 is 0 Å². The quantitative estimate of drug-likeness (QED) is 0.215. The molecule has 0 radical (unpaired) electrons. The minimum absolute atomic E-state index is 0.886. The highest BCUT2D eigenvalue weighted by molar-refractivity contribution is 6.15. The zero-order valence-electron chi connectivity index (χ0n) is 23.0. The van der Waals surface area contributed by atoms with Gasteiger partial charge in [0.2, 0.25) is 0 Å². The van der Waals surface area contributed by atoms with Gasteiger partial charge in [-0.1, -0.05) is 72.8 Å². The van der Waals surface area contributed by atoms with Gasteiger partial charge in [0.1, 0.15) is 22.3 Å². The highest BCUT2D eigenvalue weighted by Gasteiger charge is 2.14. The van der Waals surface area contributed by atoms with E-state index in [1.165, 1.54) is 38.3 Å². The third-order valence-corrected chi connectivity index (χ3v) is 8.96.